The second-order valence-electron chi connectivity index (χ2n) is 15.8. The smallest absolute Gasteiger partial charge is 0.341 e. The number of nitrogens with zero attached hydrogens (tertiary/aromatic N) is 2. The van der Waals surface area contributed by atoms with Crippen molar-refractivity contribution in [2.45, 2.75) is 46.2 Å². The van der Waals surface area contributed by atoms with E-state index >= 15 is 0 Å². The minimum atomic E-state index is -0.349. The lowest BCUT2D eigenvalue weighted by atomic mass is 9.93. The number of morpholine rings is 2. The molecule has 10 nitrogen and oxygen atoms in total. The molecule has 324 valence electrons. The fraction of sp³-hybridized carbons (Fsp3) is 0.333. The zero-order chi connectivity index (χ0) is 42.3. The molecular formula is C51H55ClN2O8. The normalized spacial score (nSPS) is 14.7. The third-order valence-electron chi connectivity index (χ3n) is 11.7. The average Bonchev–Trinajstić information content (AvgIpc) is 3.28. The van der Waals surface area contributed by atoms with Crippen LogP contribution in [0.5, 0.6) is 11.5 Å². The topological polar surface area (TPSA) is 104 Å². The molecule has 62 heavy (non-hydrogen) atoms. The van der Waals surface area contributed by atoms with E-state index in [0.717, 1.165) is 81.5 Å². The van der Waals surface area contributed by atoms with Gasteiger partial charge in [-0.25, -0.2) is 9.59 Å². The molecule has 0 amide bonds. The molecule has 2 fully saturated rings. The van der Waals surface area contributed by atoms with E-state index in [-0.39, 0.29) is 23.7 Å². The Morgan fingerprint density at radius 3 is 1.37 bits per heavy atom. The van der Waals surface area contributed by atoms with Crippen LogP contribution in [0.3, 0.4) is 0 Å². The first-order valence-electron chi connectivity index (χ1n) is 21.3. The van der Waals surface area contributed by atoms with Crippen LogP contribution in [0.25, 0.3) is 44.2 Å². The summed E-state index contributed by atoms with van der Waals surface area (Å²) >= 11 is 0. The highest BCUT2D eigenvalue weighted by molar-refractivity contribution is 5.99. The van der Waals surface area contributed by atoms with Gasteiger partial charge in [0.25, 0.3) is 0 Å². The van der Waals surface area contributed by atoms with Crippen LogP contribution in [-0.2, 0) is 35.4 Å². The standard InChI is InChI=1S/C51H54N2O8.ClH/c1-5-14-38-30-40-44(36-16-9-7-10-17-36)42(32-52-20-26-56-27-21-52)50(54)60-48(40)34(3)46(38)58-24-13-25-59-47-35(4)49-41(31-39(47)15-6-2)45(37-18-11-8-12-19-37)43(51(55)61-49)33-53-22-28-57-29-23-53;/h5-12,16-19,30-31H,1-2,13-15,20-29,32-33H2,3-4H3;1H. The molecule has 0 aliphatic carbocycles. The Labute approximate surface area is 368 Å². The molecule has 0 atom stereocenters. The number of aryl methyl sites for hydroxylation is 2. The Bertz CT molecular complexity index is 2460. The van der Waals surface area contributed by atoms with Crippen LogP contribution >= 0.6 is 12.4 Å². The van der Waals surface area contributed by atoms with Crippen molar-refractivity contribution in [2.24, 2.45) is 0 Å². The molecule has 2 aliphatic rings. The zero-order valence-corrected chi connectivity index (χ0v) is 36.5. The van der Waals surface area contributed by atoms with Gasteiger partial charge in [0.1, 0.15) is 22.7 Å². The van der Waals surface area contributed by atoms with Gasteiger partial charge in [0.05, 0.1) is 50.8 Å². The summed E-state index contributed by atoms with van der Waals surface area (Å²) in [6.45, 7) is 19.2. The third kappa shape index (κ3) is 9.45. The summed E-state index contributed by atoms with van der Waals surface area (Å²) in [4.78, 5) is 32.2. The van der Waals surface area contributed by atoms with Crippen LogP contribution in [0, 0.1) is 13.8 Å². The molecular weight excluding hydrogens is 804 g/mol. The number of fused-ring (bicyclic) bond motifs is 2. The number of hydrogen-bond donors (Lipinski definition) is 0. The first-order chi connectivity index (χ1) is 29.9. The largest absolute Gasteiger partial charge is 0.493 e. The Hall–Kier alpha value is -5.49. The van der Waals surface area contributed by atoms with Crippen LogP contribution in [0.4, 0.5) is 0 Å². The van der Waals surface area contributed by atoms with E-state index in [1.54, 1.807) is 0 Å². The lowest BCUT2D eigenvalue weighted by molar-refractivity contribution is 0.0338. The molecule has 0 unspecified atom stereocenters. The SMILES string of the molecule is C=CCc1cc2c(-c3ccccc3)c(CN3CCOCC3)c(=O)oc2c(C)c1OCCCOc1c(CC=C)cc2c(-c3ccccc3)c(CN3CCOCC3)c(=O)oc2c1C.Cl. The van der Waals surface area contributed by atoms with Crippen molar-refractivity contribution in [1.82, 2.24) is 9.80 Å². The van der Waals surface area contributed by atoms with E-state index in [0.29, 0.717) is 106 Å². The van der Waals surface area contributed by atoms with Gasteiger partial charge in [-0.2, -0.15) is 0 Å². The number of benzene rings is 4. The first kappa shape index (κ1) is 44.6. The molecule has 11 heteroatoms. The summed E-state index contributed by atoms with van der Waals surface area (Å²) in [5, 5.41) is 1.74. The van der Waals surface area contributed by atoms with Crippen LogP contribution in [0.1, 0.15) is 39.8 Å². The van der Waals surface area contributed by atoms with E-state index in [2.05, 4.69) is 35.1 Å². The van der Waals surface area contributed by atoms with Crippen molar-refractivity contribution in [3.63, 3.8) is 0 Å². The highest BCUT2D eigenvalue weighted by Crippen LogP contribution is 2.40. The number of halogens is 1. The van der Waals surface area contributed by atoms with Crippen molar-refractivity contribution >= 4 is 34.3 Å². The van der Waals surface area contributed by atoms with Gasteiger partial charge in [-0.1, -0.05) is 72.8 Å². The molecule has 2 saturated heterocycles. The van der Waals surface area contributed by atoms with E-state index in [1.165, 1.54) is 0 Å². The van der Waals surface area contributed by atoms with Gasteiger partial charge in [0.15, 0.2) is 0 Å². The number of ether oxygens (including phenoxy) is 4. The fourth-order valence-corrected chi connectivity index (χ4v) is 8.72. The summed E-state index contributed by atoms with van der Waals surface area (Å²) in [5.74, 6) is 1.35. The highest BCUT2D eigenvalue weighted by atomic mass is 35.5. The highest BCUT2D eigenvalue weighted by Gasteiger charge is 2.26. The van der Waals surface area contributed by atoms with E-state index in [9.17, 15) is 9.59 Å². The Balaban J connectivity index is 0.00000578. The van der Waals surface area contributed by atoms with Gasteiger partial charge in [-0.05, 0) is 61.1 Å². The minimum absolute atomic E-state index is 0. The molecule has 0 bridgehead atoms. The monoisotopic (exact) mass is 858 g/mol. The molecule has 0 spiro atoms. The quantitative estimate of drug-likeness (QED) is 0.0532. The molecule has 4 aromatic carbocycles. The van der Waals surface area contributed by atoms with Crippen LogP contribution < -0.4 is 20.7 Å². The summed E-state index contributed by atoms with van der Waals surface area (Å²) in [7, 11) is 0. The third-order valence-corrected chi connectivity index (χ3v) is 11.7. The second-order valence-corrected chi connectivity index (χ2v) is 15.8. The predicted octanol–water partition coefficient (Wildman–Crippen LogP) is 9.24. The van der Waals surface area contributed by atoms with Crippen molar-refractivity contribution in [2.75, 3.05) is 65.8 Å². The van der Waals surface area contributed by atoms with Gasteiger partial charge >= 0.3 is 11.3 Å². The van der Waals surface area contributed by atoms with Gasteiger partial charge in [0.2, 0.25) is 0 Å². The van der Waals surface area contributed by atoms with Crippen LogP contribution in [-0.4, -0.2) is 75.6 Å². The van der Waals surface area contributed by atoms with Gasteiger partial charge in [0, 0.05) is 78.7 Å². The summed E-state index contributed by atoms with van der Waals surface area (Å²) in [6.07, 6.45) is 5.43. The van der Waals surface area contributed by atoms with Gasteiger partial charge < -0.3 is 27.8 Å². The molecule has 8 rings (SSSR count). The number of allylic oxidation sites excluding steroid dienone is 2. The van der Waals surface area contributed by atoms with Gasteiger partial charge in [-0.15, -0.1) is 25.6 Å². The molecule has 6 aromatic rings. The van der Waals surface area contributed by atoms with E-state index < -0.39 is 0 Å². The van der Waals surface area contributed by atoms with Crippen molar-refractivity contribution in [3.8, 4) is 33.8 Å². The molecule has 4 heterocycles. The van der Waals surface area contributed by atoms with Crippen molar-refractivity contribution < 1.29 is 27.8 Å². The minimum Gasteiger partial charge on any atom is -0.493 e. The first-order valence-corrected chi connectivity index (χ1v) is 21.3. The lowest BCUT2D eigenvalue weighted by Gasteiger charge is -2.27. The maximum atomic E-state index is 13.9. The second kappa shape index (κ2) is 20.6. The molecule has 2 aromatic heterocycles. The van der Waals surface area contributed by atoms with Crippen LogP contribution in [0.2, 0.25) is 0 Å². The number of rotatable bonds is 16. The van der Waals surface area contributed by atoms with Crippen LogP contribution in [0.15, 0.2) is 117 Å². The van der Waals surface area contributed by atoms with Crippen molar-refractivity contribution in [3.05, 3.63) is 152 Å². The Kier molecular flexibility index (Phi) is 14.8. The Morgan fingerprint density at radius 2 is 1.00 bits per heavy atom. The predicted molar refractivity (Wildman–Crippen MR) is 248 cm³/mol. The summed E-state index contributed by atoms with van der Waals surface area (Å²) < 4.78 is 36.6. The number of hydrogen-bond acceptors (Lipinski definition) is 10. The molecule has 0 saturated carbocycles. The molecule has 0 radical (unpaired) electrons. The van der Waals surface area contributed by atoms with E-state index in [1.807, 2.05) is 86.7 Å². The summed E-state index contributed by atoms with van der Waals surface area (Å²) in [5.41, 5.74) is 8.73. The maximum Gasteiger partial charge on any atom is 0.341 e. The maximum absolute atomic E-state index is 13.9. The Morgan fingerprint density at radius 1 is 0.613 bits per heavy atom. The molecule has 0 N–H and O–H groups in total. The van der Waals surface area contributed by atoms with E-state index in [4.69, 9.17) is 27.8 Å². The summed E-state index contributed by atoms with van der Waals surface area (Å²) in [6, 6.07) is 24.3. The zero-order valence-electron chi connectivity index (χ0n) is 35.7. The van der Waals surface area contributed by atoms with Crippen molar-refractivity contribution in [1.29, 1.82) is 0 Å². The molecule has 2 aliphatic heterocycles. The average molecular weight is 859 g/mol. The lowest BCUT2D eigenvalue weighted by Crippen LogP contribution is -2.37. The van der Waals surface area contributed by atoms with Gasteiger partial charge in [-0.3, -0.25) is 9.80 Å². The fourth-order valence-electron chi connectivity index (χ4n) is 8.72.